The summed E-state index contributed by atoms with van der Waals surface area (Å²) in [4.78, 5) is 9.00. The van der Waals surface area contributed by atoms with Gasteiger partial charge in [-0.15, -0.1) is 5.10 Å². The van der Waals surface area contributed by atoms with Crippen LogP contribution in [-0.4, -0.2) is 22.7 Å². The van der Waals surface area contributed by atoms with Crippen LogP contribution >= 0.6 is 0 Å². The van der Waals surface area contributed by atoms with Gasteiger partial charge in [0.1, 0.15) is 0 Å². The van der Waals surface area contributed by atoms with Gasteiger partial charge in [0, 0.05) is 6.92 Å². The molecule has 0 unspecified atom stereocenters. The van der Waals surface area contributed by atoms with E-state index in [4.69, 9.17) is 21.4 Å². The first-order chi connectivity index (χ1) is 9.54. The van der Waals surface area contributed by atoms with E-state index in [9.17, 15) is 13.2 Å². The summed E-state index contributed by atoms with van der Waals surface area (Å²) in [5.41, 5.74) is 9.98. The summed E-state index contributed by atoms with van der Waals surface area (Å²) in [6, 6.07) is 4.77. The van der Waals surface area contributed by atoms with E-state index in [0.717, 1.165) is 19.1 Å². The number of guanidine groups is 1. The predicted molar refractivity (Wildman–Crippen MR) is 72.8 cm³/mol. The highest BCUT2D eigenvalue weighted by atomic mass is 19.4. The Labute approximate surface area is 119 Å². The maximum atomic E-state index is 12.4. The molecule has 0 atom stereocenters. The van der Waals surface area contributed by atoms with Gasteiger partial charge in [-0.2, -0.15) is 18.3 Å². The third-order valence-corrected chi connectivity index (χ3v) is 1.92. The predicted octanol–water partition coefficient (Wildman–Crippen LogP) is 1.79. The van der Waals surface area contributed by atoms with Crippen LogP contribution in [0.1, 0.15) is 25.0 Å². The topological polar surface area (TPSA) is 114 Å². The number of hydrogen-bond acceptors (Lipinski definition) is 3. The second-order valence-electron chi connectivity index (χ2n) is 3.81. The Hall–Kier alpha value is -2.58. The Morgan fingerprint density at radius 1 is 1.19 bits per heavy atom. The van der Waals surface area contributed by atoms with Crippen molar-refractivity contribution in [3.8, 4) is 0 Å². The number of halogens is 3. The van der Waals surface area contributed by atoms with Gasteiger partial charge >= 0.3 is 6.18 Å². The molecule has 0 fully saturated rings. The molecule has 0 amide bonds. The summed E-state index contributed by atoms with van der Waals surface area (Å²) >= 11 is 0. The molecule has 0 aliphatic rings. The zero-order valence-electron chi connectivity index (χ0n) is 11.3. The second kappa shape index (κ2) is 7.88. The minimum absolute atomic E-state index is 0.253. The molecule has 0 aliphatic heterocycles. The van der Waals surface area contributed by atoms with Gasteiger partial charge in [0.15, 0.2) is 0 Å². The molecule has 0 bridgehead atoms. The molecule has 0 saturated heterocycles. The number of alkyl halides is 3. The largest absolute Gasteiger partial charge is 0.481 e. The van der Waals surface area contributed by atoms with E-state index >= 15 is 0 Å². The normalized spacial score (nSPS) is 11.2. The molecule has 1 aromatic carbocycles. The van der Waals surface area contributed by atoms with Crippen molar-refractivity contribution < 1.29 is 23.1 Å². The first kappa shape index (κ1) is 18.4. The fourth-order valence-electron chi connectivity index (χ4n) is 1.11. The van der Waals surface area contributed by atoms with E-state index in [1.807, 2.05) is 0 Å². The first-order valence-electron chi connectivity index (χ1n) is 5.54. The molecule has 9 heteroatoms. The zero-order valence-corrected chi connectivity index (χ0v) is 11.3. The van der Waals surface area contributed by atoms with Crippen LogP contribution in [0.25, 0.3) is 0 Å². The third kappa shape index (κ3) is 8.24. The van der Waals surface area contributed by atoms with Crippen LogP contribution in [0.15, 0.2) is 34.5 Å². The highest BCUT2D eigenvalue weighted by molar-refractivity contribution is 5.99. The number of nitrogens with zero attached hydrogens (tertiary/aromatic N) is 2. The van der Waals surface area contributed by atoms with Gasteiger partial charge in [-0.05, 0) is 24.6 Å². The van der Waals surface area contributed by atoms with E-state index in [-0.39, 0.29) is 5.96 Å². The lowest BCUT2D eigenvalue weighted by Gasteiger charge is -2.07. The monoisotopic (exact) mass is 304 g/mol. The van der Waals surface area contributed by atoms with E-state index in [1.165, 1.54) is 19.1 Å². The Morgan fingerprint density at radius 2 is 1.71 bits per heavy atom. The molecule has 21 heavy (non-hydrogen) atoms. The summed E-state index contributed by atoms with van der Waals surface area (Å²) in [5, 5.41) is 14.4. The van der Waals surface area contributed by atoms with Crippen LogP contribution in [0.3, 0.4) is 0 Å². The van der Waals surface area contributed by atoms with E-state index in [0.29, 0.717) is 11.3 Å². The summed E-state index contributed by atoms with van der Waals surface area (Å²) in [5.74, 6) is -1.09. The molecule has 0 spiro atoms. The molecular weight excluding hydrogens is 289 g/mol. The lowest BCUT2D eigenvalue weighted by Crippen LogP contribution is -2.22. The molecule has 0 aliphatic carbocycles. The van der Waals surface area contributed by atoms with Crippen molar-refractivity contribution in [2.24, 2.45) is 21.7 Å². The van der Waals surface area contributed by atoms with Crippen molar-refractivity contribution in [2.45, 2.75) is 20.0 Å². The van der Waals surface area contributed by atoms with Crippen molar-refractivity contribution in [1.82, 2.24) is 0 Å². The highest BCUT2D eigenvalue weighted by Crippen LogP contribution is 2.29. The number of carboxylic acids is 1. The molecule has 1 rings (SSSR count). The molecule has 6 nitrogen and oxygen atoms in total. The Balaban J connectivity index is 0.000000885. The van der Waals surface area contributed by atoms with E-state index < -0.39 is 17.7 Å². The van der Waals surface area contributed by atoms with Crippen LogP contribution in [0.5, 0.6) is 0 Å². The number of benzene rings is 1. The maximum Gasteiger partial charge on any atom is 0.416 e. The van der Waals surface area contributed by atoms with Gasteiger partial charge < -0.3 is 16.6 Å². The van der Waals surface area contributed by atoms with Crippen molar-refractivity contribution >= 4 is 17.6 Å². The average Bonchev–Trinajstić information content (AvgIpc) is 2.34. The Morgan fingerprint density at radius 3 is 2.14 bits per heavy atom. The third-order valence-electron chi connectivity index (χ3n) is 1.92. The van der Waals surface area contributed by atoms with Gasteiger partial charge in [-0.25, -0.2) is 0 Å². The summed E-state index contributed by atoms with van der Waals surface area (Å²) in [6.45, 7) is 2.60. The first-order valence-corrected chi connectivity index (χ1v) is 5.54. The zero-order chi connectivity index (χ0) is 16.6. The Kier molecular flexibility index (Phi) is 6.91. The summed E-state index contributed by atoms with van der Waals surface area (Å²) < 4.78 is 37.3. The number of nitrogens with two attached hydrogens (primary N) is 2. The lowest BCUT2D eigenvalue weighted by atomic mass is 10.1. The molecule has 0 radical (unpaired) electrons. The average molecular weight is 304 g/mol. The Bertz CT molecular complexity index is 546. The van der Waals surface area contributed by atoms with Crippen molar-refractivity contribution in [2.75, 3.05) is 0 Å². The fourth-order valence-corrected chi connectivity index (χ4v) is 1.11. The second-order valence-corrected chi connectivity index (χ2v) is 3.81. The number of rotatable bonds is 2. The standard InChI is InChI=1S/C10H11F3N4.C2H4O2/c1-6(16-17-9(14)15)7-3-2-4-8(5-7)10(11,12)13;1-2(3)4/h2-5H,1H3,(H4,14,15,17);1H3,(H,3,4). The van der Waals surface area contributed by atoms with Crippen LogP contribution < -0.4 is 11.5 Å². The highest BCUT2D eigenvalue weighted by Gasteiger charge is 2.30. The number of carbonyl (C=O) groups is 1. The number of aliphatic carboxylic acids is 1. The van der Waals surface area contributed by atoms with Crippen LogP contribution in [-0.2, 0) is 11.0 Å². The molecule has 116 valence electrons. The SMILES string of the molecule is CC(=NN=C(N)N)c1cccc(C(F)(F)F)c1.CC(=O)O. The smallest absolute Gasteiger partial charge is 0.416 e. The van der Waals surface area contributed by atoms with E-state index in [1.54, 1.807) is 0 Å². The minimum Gasteiger partial charge on any atom is -0.481 e. The van der Waals surface area contributed by atoms with Crippen molar-refractivity contribution in [3.05, 3.63) is 35.4 Å². The summed E-state index contributed by atoms with van der Waals surface area (Å²) in [6.07, 6.45) is -4.38. The molecule has 1 aromatic rings. The lowest BCUT2D eigenvalue weighted by molar-refractivity contribution is -0.137. The van der Waals surface area contributed by atoms with E-state index in [2.05, 4.69) is 10.2 Å². The summed E-state index contributed by atoms with van der Waals surface area (Å²) in [7, 11) is 0. The number of carboxylic acid groups (broad SMARTS) is 1. The maximum absolute atomic E-state index is 12.4. The molecule has 5 N–H and O–H groups in total. The van der Waals surface area contributed by atoms with Gasteiger partial charge in [0.2, 0.25) is 5.96 Å². The van der Waals surface area contributed by atoms with Crippen LogP contribution in [0.2, 0.25) is 0 Å². The fraction of sp³-hybridized carbons (Fsp3) is 0.250. The molecule has 0 heterocycles. The van der Waals surface area contributed by atoms with Crippen molar-refractivity contribution in [1.29, 1.82) is 0 Å². The van der Waals surface area contributed by atoms with Gasteiger partial charge in [0.25, 0.3) is 5.97 Å². The molecular formula is C12H15F3N4O2. The van der Waals surface area contributed by atoms with Crippen LogP contribution in [0, 0.1) is 0 Å². The van der Waals surface area contributed by atoms with Gasteiger partial charge in [0.05, 0.1) is 11.3 Å². The van der Waals surface area contributed by atoms with Gasteiger partial charge in [-0.1, -0.05) is 12.1 Å². The van der Waals surface area contributed by atoms with Gasteiger partial charge in [-0.3, -0.25) is 4.79 Å². The van der Waals surface area contributed by atoms with Crippen LogP contribution in [0.4, 0.5) is 13.2 Å². The molecule has 0 aromatic heterocycles. The molecule has 0 saturated carbocycles. The van der Waals surface area contributed by atoms with Crippen molar-refractivity contribution in [3.63, 3.8) is 0 Å². The minimum atomic E-state index is -4.38. The quantitative estimate of drug-likeness (QED) is 0.439. The number of hydrogen-bond donors (Lipinski definition) is 3.